The van der Waals surface area contributed by atoms with Gasteiger partial charge in [-0.1, -0.05) is 36.4 Å². The number of benzene rings is 2. The number of para-hydroxylation sites is 1. The quantitative estimate of drug-likeness (QED) is 0.882. The third-order valence-electron chi connectivity index (χ3n) is 3.93. The van der Waals surface area contributed by atoms with Gasteiger partial charge in [-0.05, 0) is 24.1 Å². The lowest BCUT2D eigenvalue weighted by Gasteiger charge is -2.17. The molecule has 2 amide bonds. The van der Waals surface area contributed by atoms with Gasteiger partial charge < -0.3 is 10.2 Å². The minimum Gasteiger partial charge on any atom is -0.351 e. The van der Waals surface area contributed by atoms with Crippen molar-refractivity contribution in [3.63, 3.8) is 0 Å². The van der Waals surface area contributed by atoms with Gasteiger partial charge in [0.2, 0.25) is 11.8 Å². The molecule has 2 aromatic rings. The van der Waals surface area contributed by atoms with E-state index in [0.717, 1.165) is 17.7 Å². The Hall–Kier alpha value is -2.69. The van der Waals surface area contributed by atoms with E-state index in [-0.39, 0.29) is 24.7 Å². The fraction of sp³-hybridized carbons (Fsp3) is 0.222. The molecule has 0 bridgehead atoms. The standard InChI is InChI=1S/C18H17FN2O2/c19-15-7-3-1-6-14(15)12-20-17(22)11-18(23)21-10-9-13-5-2-4-8-16(13)21/h1-8H,9-12H2,(H,20,22). The van der Waals surface area contributed by atoms with Crippen molar-refractivity contribution in [3.05, 3.63) is 65.5 Å². The van der Waals surface area contributed by atoms with Crippen LogP contribution in [0.25, 0.3) is 0 Å². The molecule has 23 heavy (non-hydrogen) atoms. The Morgan fingerprint density at radius 2 is 1.83 bits per heavy atom. The van der Waals surface area contributed by atoms with E-state index in [2.05, 4.69) is 5.32 Å². The minimum atomic E-state index is -0.400. The average Bonchev–Trinajstić information content (AvgIpc) is 2.98. The summed E-state index contributed by atoms with van der Waals surface area (Å²) < 4.78 is 13.5. The van der Waals surface area contributed by atoms with Gasteiger partial charge in [0.1, 0.15) is 12.2 Å². The van der Waals surface area contributed by atoms with Gasteiger partial charge in [0, 0.05) is 24.3 Å². The van der Waals surface area contributed by atoms with Crippen molar-refractivity contribution in [1.29, 1.82) is 0 Å². The van der Waals surface area contributed by atoms with Crippen molar-refractivity contribution in [3.8, 4) is 0 Å². The van der Waals surface area contributed by atoms with Crippen LogP contribution in [0, 0.1) is 5.82 Å². The SMILES string of the molecule is O=C(CC(=O)N1CCc2ccccc21)NCc1ccccc1F. The minimum absolute atomic E-state index is 0.0787. The first-order valence-corrected chi connectivity index (χ1v) is 7.53. The molecule has 1 aliphatic rings. The van der Waals surface area contributed by atoms with Crippen LogP contribution in [0.4, 0.5) is 10.1 Å². The molecular formula is C18H17FN2O2. The molecule has 0 radical (unpaired) electrons. The third-order valence-corrected chi connectivity index (χ3v) is 3.93. The number of hydrogen-bond donors (Lipinski definition) is 1. The van der Waals surface area contributed by atoms with Gasteiger partial charge in [0.15, 0.2) is 0 Å². The molecule has 0 saturated carbocycles. The van der Waals surface area contributed by atoms with Gasteiger partial charge in [-0.15, -0.1) is 0 Å². The number of hydrogen-bond acceptors (Lipinski definition) is 2. The molecule has 0 aliphatic carbocycles. The van der Waals surface area contributed by atoms with Gasteiger partial charge in [-0.2, -0.15) is 0 Å². The van der Waals surface area contributed by atoms with Crippen LogP contribution in [0.1, 0.15) is 17.5 Å². The maximum atomic E-state index is 13.5. The van der Waals surface area contributed by atoms with E-state index in [9.17, 15) is 14.0 Å². The van der Waals surface area contributed by atoms with Gasteiger partial charge in [0.05, 0.1) is 0 Å². The Bertz CT molecular complexity index is 745. The highest BCUT2D eigenvalue weighted by Gasteiger charge is 2.25. The van der Waals surface area contributed by atoms with Gasteiger partial charge >= 0.3 is 0 Å². The number of halogens is 1. The van der Waals surface area contributed by atoms with E-state index in [1.54, 1.807) is 23.1 Å². The number of nitrogens with zero attached hydrogens (tertiary/aromatic N) is 1. The van der Waals surface area contributed by atoms with Gasteiger partial charge in [-0.25, -0.2) is 4.39 Å². The first kappa shape index (κ1) is 15.2. The normalized spacial score (nSPS) is 12.8. The Morgan fingerprint density at radius 3 is 2.65 bits per heavy atom. The molecule has 4 nitrogen and oxygen atoms in total. The fourth-order valence-corrected chi connectivity index (χ4v) is 2.73. The zero-order chi connectivity index (χ0) is 16.2. The fourth-order valence-electron chi connectivity index (χ4n) is 2.73. The summed E-state index contributed by atoms with van der Waals surface area (Å²) in [6, 6.07) is 13.9. The Labute approximate surface area is 133 Å². The second-order valence-corrected chi connectivity index (χ2v) is 5.47. The lowest BCUT2D eigenvalue weighted by atomic mass is 10.2. The second-order valence-electron chi connectivity index (χ2n) is 5.47. The Morgan fingerprint density at radius 1 is 1.09 bits per heavy atom. The van der Waals surface area contributed by atoms with Crippen molar-refractivity contribution in [1.82, 2.24) is 5.32 Å². The molecule has 1 heterocycles. The number of rotatable bonds is 4. The number of nitrogens with one attached hydrogen (secondary N) is 1. The lowest BCUT2D eigenvalue weighted by molar-refractivity contribution is -0.128. The van der Waals surface area contributed by atoms with E-state index in [4.69, 9.17) is 0 Å². The topological polar surface area (TPSA) is 49.4 Å². The first-order valence-electron chi connectivity index (χ1n) is 7.53. The smallest absolute Gasteiger partial charge is 0.236 e. The number of anilines is 1. The van der Waals surface area contributed by atoms with Crippen molar-refractivity contribution >= 4 is 17.5 Å². The molecule has 5 heteroatoms. The molecule has 2 aromatic carbocycles. The highest BCUT2D eigenvalue weighted by molar-refractivity contribution is 6.05. The molecule has 118 valence electrons. The van der Waals surface area contributed by atoms with Crippen LogP contribution < -0.4 is 10.2 Å². The zero-order valence-corrected chi connectivity index (χ0v) is 12.6. The van der Waals surface area contributed by atoms with E-state index in [0.29, 0.717) is 12.1 Å². The molecule has 0 spiro atoms. The summed E-state index contributed by atoms with van der Waals surface area (Å²) in [7, 11) is 0. The van der Waals surface area contributed by atoms with Crippen LogP contribution in [0.5, 0.6) is 0 Å². The van der Waals surface area contributed by atoms with Crippen LogP contribution in [0.3, 0.4) is 0 Å². The third kappa shape index (κ3) is 3.39. The van der Waals surface area contributed by atoms with Crippen LogP contribution in [-0.4, -0.2) is 18.4 Å². The molecule has 1 N–H and O–H groups in total. The summed E-state index contributed by atoms with van der Waals surface area (Å²) in [5.41, 5.74) is 2.40. The van der Waals surface area contributed by atoms with E-state index in [1.165, 1.54) is 6.07 Å². The van der Waals surface area contributed by atoms with Crippen LogP contribution in [-0.2, 0) is 22.6 Å². The highest BCUT2D eigenvalue weighted by atomic mass is 19.1. The first-order chi connectivity index (χ1) is 11.1. The van der Waals surface area contributed by atoms with Gasteiger partial charge in [0.25, 0.3) is 0 Å². The van der Waals surface area contributed by atoms with Crippen molar-refractivity contribution in [2.45, 2.75) is 19.4 Å². The molecule has 0 saturated heterocycles. The summed E-state index contributed by atoms with van der Waals surface area (Å²) in [5.74, 6) is -1.00. The summed E-state index contributed by atoms with van der Waals surface area (Å²) in [6.45, 7) is 0.675. The number of carbonyl (C=O) groups excluding carboxylic acids is 2. The van der Waals surface area contributed by atoms with E-state index in [1.807, 2.05) is 24.3 Å². The largest absolute Gasteiger partial charge is 0.351 e. The average molecular weight is 312 g/mol. The molecular weight excluding hydrogens is 295 g/mol. The van der Waals surface area contributed by atoms with E-state index >= 15 is 0 Å². The number of amides is 2. The lowest BCUT2D eigenvalue weighted by Crippen LogP contribution is -2.34. The molecule has 3 rings (SSSR count). The van der Waals surface area contributed by atoms with Gasteiger partial charge in [-0.3, -0.25) is 9.59 Å². The maximum Gasteiger partial charge on any atom is 0.236 e. The summed E-state index contributed by atoms with van der Waals surface area (Å²) in [4.78, 5) is 25.9. The monoisotopic (exact) mass is 312 g/mol. The van der Waals surface area contributed by atoms with Crippen LogP contribution >= 0.6 is 0 Å². The van der Waals surface area contributed by atoms with Crippen molar-refractivity contribution in [2.24, 2.45) is 0 Å². The molecule has 0 unspecified atom stereocenters. The summed E-state index contributed by atoms with van der Waals surface area (Å²) in [6.07, 6.45) is 0.571. The van der Waals surface area contributed by atoms with Crippen molar-refractivity contribution in [2.75, 3.05) is 11.4 Å². The highest BCUT2D eigenvalue weighted by Crippen LogP contribution is 2.27. The number of carbonyl (C=O) groups is 2. The summed E-state index contributed by atoms with van der Waals surface area (Å²) in [5, 5.41) is 2.59. The van der Waals surface area contributed by atoms with E-state index < -0.39 is 5.91 Å². The van der Waals surface area contributed by atoms with Crippen molar-refractivity contribution < 1.29 is 14.0 Å². The second kappa shape index (κ2) is 6.60. The van der Waals surface area contributed by atoms with Crippen LogP contribution in [0.15, 0.2) is 48.5 Å². The Balaban J connectivity index is 1.56. The Kier molecular flexibility index (Phi) is 4.37. The predicted molar refractivity (Wildman–Crippen MR) is 85.4 cm³/mol. The molecule has 0 atom stereocenters. The summed E-state index contributed by atoms with van der Waals surface area (Å²) >= 11 is 0. The number of fused-ring (bicyclic) bond motifs is 1. The zero-order valence-electron chi connectivity index (χ0n) is 12.6. The molecule has 0 aromatic heterocycles. The molecule has 1 aliphatic heterocycles. The molecule has 0 fully saturated rings. The predicted octanol–water partition coefficient (Wildman–Crippen LogP) is 2.42. The maximum absolute atomic E-state index is 13.5. The van der Waals surface area contributed by atoms with Crippen LogP contribution in [0.2, 0.25) is 0 Å².